The molecular weight excluding hydrogens is 634 g/mol. The Kier molecular flexibility index (Phi) is 10.6. The second kappa shape index (κ2) is 15.5. The number of H-pyrrole nitrogens is 1. The highest BCUT2D eigenvalue weighted by molar-refractivity contribution is 6.17. The topological polar surface area (TPSA) is 46.5 Å². The lowest BCUT2D eigenvalue weighted by molar-refractivity contribution is 0.630. The zero-order chi connectivity index (χ0) is 34.2. The molecule has 0 saturated heterocycles. The second-order valence-corrected chi connectivity index (χ2v) is 12.1. The molecule has 244 valence electrons. The van der Waals surface area contributed by atoms with Gasteiger partial charge in [0.1, 0.15) is 11.6 Å². The van der Waals surface area contributed by atoms with Crippen molar-refractivity contribution in [2.75, 3.05) is 0 Å². The Morgan fingerprint density at radius 1 is 0.694 bits per heavy atom. The summed E-state index contributed by atoms with van der Waals surface area (Å²) in [6.45, 7) is 4.94. The van der Waals surface area contributed by atoms with Crippen LogP contribution in [0.3, 0.4) is 0 Å². The minimum atomic E-state index is -0.243. The molecular formula is C42H35ClF2N4. The number of pyridine rings is 2. The van der Waals surface area contributed by atoms with E-state index in [9.17, 15) is 8.78 Å². The fraction of sp³-hybridized carbons (Fsp3) is 0.0952. The van der Waals surface area contributed by atoms with Crippen molar-refractivity contribution >= 4 is 22.5 Å². The van der Waals surface area contributed by atoms with Crippen LogP contribution in [0.2, 0.25) is 0 Å². The highest BCUT2D eigenvalue weighted by atomic mass is 35.5. The summed E-state index contributed by atoms with van der Waals surface area (Å²) in [5.74, 6) is 0.148. The van der Waals surface area contributed by atoms with Crippen LogP contribution in [0.25, 0.3) is 44.7 Å². The lowest BCUT2D eigenvalue weighted by atomic mass is 10.1. The molecule has 6 aromatic rings. The maximum Gasteiger partial charge on any atom is 0.132 e. The van der Waals surface area contributed by atoms with Gasteiger partial charge in [-0.15, -0.1) is 11.6 Å². The molecule has 0 unspecified atom stereocenters. The Morgan fingerprint density at radius 2 is 1.33 bits per heavy atom. The predicted octanol–water partition coefficient (Wildman–Crippen LogP) is 11.3. The lowest BCUT2D eigenvalue weighted by Crippen LogP contribution is -2.00. The molecule has 0 saturated carbocycles. The fourth-order valence-corrected chi connectivity index (χ4v) is 5.52. The molecule has 0 radical (unpaired) electrons. The number of aromatic nitrogens is 4. The van der Waals surface area contributed by atoms with Gasteiger partial charge in [-0.2, -0.15) is 0 Å². The minimum Gasteiger partial charge on any atom is -0.353 e. The van der Waals surface area contributed by atoms with Crippen molar-refractivity contribution in [3.63, 3.8) is 0 Å². The van der Waals surface area contributed by atoms with Crippen LogP contribution in [0.4, 0.5) is 8.78 Å². The molecule has 0 fully saturated rings. The standard InChI is InChI=1S/C21H17FN2.C13H9FN2.C8H9Cl/c1-15-6-8-16(9-7-15)13-24-11-10-17-12-20(23-21(17)14-24)18-4-2-3-5-19(18)22;14-11-4-2-1-3-10(11)12-7-9-5-6-15-8-13(9)16-12;1-7-2-4-8(6-9)5-3-7/h2-12,14H,13H2,1H3;1-8,16H;2-5H,6H2,1H3. The fourth-order valence-electron chi connectivity index (χ4n) is 5.34. The van der Waals surface area contributed by atoms with E-state index >= 15 is 0 Å². The van der Waals surface area contributed by atoms with Gasteiger partial charge in [0.05, 0.1) is 23.1 Å². The lowest BCUT2D eigenvalue weighted by Gasteiger charge is -2.08. The number of benzene rings is 4. The van der Waals surface area contributed by atoms with Crippen LogP contribution in [0.5, 0.6) is 0 Å². The van der Waals surface area contributed by atoms with Crippen molar-refractivity contribution in [3.8, 4) is 33.8 Å². The van der Waals surface area contributed by atoms with Crippen molar-refractivity contribution in [2.24, 2.45) is 0 Å². The van der Waals surface area contributed by atoms with Crippen LogP contribution in [0.15, 0.2) is 146 Å². The molecule has 0 bridgehead atoms. The Hall–Kier alpha value is -5.59. The van der Waals surface area contributed by atoms with Gasteiger partial charge in [0.15, 0.2) is 0 Å². The Morgan fingerprint density at radius 3 is 1.96 bits per heavy atom. The zero-order valence-electron chi connectivity index (χ0n) is 27.2. The minimum absolute atomic E-state index is 0.220. The SMILES string of the molecule is Cc1ccc(CCl)cc1.Cc1ccc(Cn2ccc3cc(-c4ccccc4F)nc-3c2)cc1.Fc1ccccc1-c1cc2ccncc2[nH]1. The van der Waals surface area contributed by atoms with E-state index in [1.807, 2.05) is 60.9 Å². The number of aryl methyl sites for hydroxylation is 2. The first-order chi connectivity index (χ1) is 23.9. The van der Waals surface area contributed by atoms with Crippen LogP contribution in [0.1, 0.15) is 22.3 Å². The maximum atomic E-state index is 14.0. The smallest absolute Gasteiger partial charge is 0.132 e. The molecule has 0 amide bonds. The van der Waals surface area contributed by atoms with Crippen LogP contribution < -0.4 is 0 Å². The summed E-state index contributed by atoms with van der Waals surface area (Å²) in [5, 5.41) is 1.04. The van der Waals surface area contributed by atoms with E-state index in [4.69, 9.17) is 11.6 Å². The molecule has 0 atom stereocenters. The van der Waals surface area contributed by atoms with Gasteiger partial charge in [0.2, 0.25) is 0 Å². The van der Waals surface area contributed by atoms with Gasteiger partial charge in [0.25, 0.3) is 0 Å². The predicted molar refractivity (Wildman–Crippen MR) is 197 cm³/mol. The Labute approximate surface area is 290 Å². The molecule has 2 aliphatic heterocycles. The van der Waals surface area contributed by atoms with Crippen molar-refractivity contribution in [2.45, 2.75) is 26.3 Å². The van der Waals surface area contributed by atoms with E-state index in [1.165, 1.54) is 34.4 Å². The quantitative estimate of drug-likeness (QED) is 0.186. The first kappa shape index (κ1) is 33.3. The van der Waals surface area contributed by atoms with Gasteiger partial charge in [-0.05, 0) is 73.5 Å². The largest absolute Gasteiger partial charge is 0.353 e. The van der Waals surface area contributed by atoms with E-state index in [1.54, 1.807) is 36.7 Å². The van der Waals surface area contributed by atoms with E-state index in [-0.39, 0.29) is 11.6 Å². The molecule has 49 heavy (non-hydrogen) atoms. The van der Waals surface area contributed by atoms with E-state index in [2.05, 4.69) is 69.8 Å². The van der Waals surface area contributed by atoms with Crippen LogP contribution in [0, 0.1) is 25.5 Å². The number of fused-ring (bicyclic) bond motifs is 2. The van der Waals surface area contributed by atoms with Gasteiger partial charge < -0.3 is 9.55 Å². The second-order valence-electron chi connectivity index (χ2n) is 11.8. The first-order valence-corrected chi connectivity index (χ1v) is 16.5. The average molecular weight is 669 g/mol. The number of hydrogen-bond donors (Lipinski definition) is 1. The third-order valence-electron chi connectivity index (χ3n) is 8.06. The summed E-state index contributed by atoms with van der Waals surface area (Å²) in [6, 6.07) is 38.0. The summed E-state index contributed by atoms with van der Waals surface area (Å²) in [7, 11) is 0. The number of aromatic amines is 1. The van der Waals surface area contributed by atoms with Crippen molar-refractivity contribution in [3.05, 3.63) is 180 Å². The first-order valence-electron chi connectivity index (χ1n) is 15.9. The van der Waals surface area contributed by atoms with Gasteiger partial charge in [-0.25, -0.2) is 13.8 Å². The molecule has 8 rings (SSSR count). The number of hydrogen-bond acceptors (Lipinski definition) is 2. The molecule has 0 spiro atoms. The average Bonchev–Trinajstić information content (AvgIpc) is 3.75. The summed E-state index contributed by atoms with van der Waals surface area (Å²) >= 11 is 5.58. The Bertz CT molecular complexity index is 2200. The molecule has 1 N–H and O–H groups in total. The molecule has 2 aliphatic rings. The molecule has 4 heterocycles. The number of rotatable bonds is 5. The van der Waals surface area contributed by atoms with Gasteiger partial charge in [0, 0.05) is 58.8 Å². The van der Waals surface area contributed by atoms with Crippen LogP contribution in [-0.2, 0) is 12.4 Å². The number of alkyl halides is 1. The molecule has 4 nitrogen and oxygen atoms in total. The number of halogens is 3. The summed E-state index contributed by atoms with van der Waals surface area (Å²) in [5.41, 5.74) is 10.4. The summed E-state index contributed by atoms with van der Waals surface area (Å²) in [6.07, 6.45) is 7.51. The summed E-state index contributed by atoms with van der Waals surface area (Å²) in [4.78, 5) is 11.8. The normalized spacial score (nSPS) is 10.7. The zero-order valence-corrected chi connectivity index (χ0v) is 28.0. The van der Waals surface area contributed by atoms with Gasteiger partial charge in [-0.3, -0.25) is 4.98 Å². The van der Waals surface area contributed by atoms with Gasteiger partial charge in [-0.1, -0.05) is 83.9 Å². The van der Waals surface area contributed by atoms with Crippen molar-refractivity contribution in [1.29, 1.82) is 0 Å². The molecule has 4 aromatic carbocycles. The van der Waals surface area contributed by atoms with E-state index in [0.29, 0.717) is 22.7 Å². The van der Waals surface area contributed by atoms with Crippen molar-refractivity contribution < 1.29 is 8.78 Å². The molecule has 0 aliphatic carbocycles. The van der Waals surface area contributed by atoms with Crippen LogP contribution >= 0.6 is 11.6 Å². The highest BCUT2D eigenvalue weighted by Crippen LogP contribution is 2.30. The monoisotopic (exact) mass is 668 g/mol. The van der Waals surface area contributed by atoms with E-state index < -0.39 is 0 Å². The van der Waals surface area contributed by atoms with E-state index in [0.717, 1.165) is 34.4 Å². The Balaban J connectivity index is 0.000000143. The highest BCUT2D eigenvalue weighted by Gasteiger charge is 2.13. The van der Waals surface area contributed by atoms with Gasteiger partial charge >= 0.3 is 0 Å². The molecule has 7 heteroatoms. The van der Waals surface area contributed by atoms with Crippen LogP contribution in [-0.4, -0.2) is 19.5 Å². The maximum absolute atomic E-state index is 14.0. The number of nitrogens with zero attached hydrogens (tertiary/aromatic N) is 3. The third-order valence-corrected chi connectivity index (χ3v) is 8.37. The summed E-state index contributed by atoms with van der Waals surface area (Å²) < 4.78 is 29.6. The van der Waals surface area contributed by atoms with Crippen molar-refractivity contribution in [1.82, 2.24) is 19.5 Å². The molecule has 2 aromatic heterocycles. The third kappa shape index (κ3) is 8.47. The number of nitrogens with one attached hydrogen (secondary N) is 1.